The van der Waals surface area contributed by atoms with Gasteiger partial charge in [-0.25, -0.2) is 4.68 Å². The van der Waals surface area contributed by atoms with Gasteiger partial charge >= 0.3 is 0 Å². The van der Waals surface area contributed by atoms with E-state index in [1.807, 2.05) is 10.9 Å². The van der Waals surface area contributed by atoms with E-state index >= 15 is 0 Å². The lowest BCUT2D eigenvalue weighted by Crippen LogP contribution is -2.33. The van der Waals surface area contributed by atoms with Crippen molar-refractivity contribution in [3.05, 3.63) is 12.4 Å². The van der Waals surface area contributed by atoms with Gasteiger partial charge in [-0.05, 0) is 31.1 Å². The fourth-order valence-corrected chi connectivity index (χ4v) is 2.62. The zero-order chi connectivity index (χ0) is 10.8. The molecule has 0 spiro atoms. The van der Waals surface area contributed by atoms with Crippen LogP contribution in [0.15, 0.2) is 12.4 Å². The molecule has 0 amide bonds. The van der Waals surface area contributed by atoms with Gasteiger partial charge < -0.3 is 5.11 Å². The Labute approximate surface area is 90.3 Å². The summed E-state index contributed by atoms with van der Waals surface area (Å²) < 4.78 is 1.91. The Balaban J connectivity index is 2.17. The summed E-state index contributed by atoms with van der Waals surface area (Å²) >= 11 is 0. The van der Waals surface area contributed by atoms with Gasteiger partial charge in [0.15, 0.2) is 0 Å². The molecule has 0 saturated heterocycles. The highest BCUT2D eigenvalue weighted by atomic mass is 16.3. The quantitative estimate of drug-likeness (QED) is 0.805. The molecule has 1 aliphatic carbocycles. The summed E-state index contributed by atoms with van der Waals surface area (Å²) in [4.78, 5) is 0. The molecule has 0 bridgehead atoms. The Hall–Kier alpha value is -0.900. The zero-order valence-corrected chi connectivity index (χ0v) is 9.37. The minimum atomic E-state index is -0.172. The highest BCUT2D eigenvalue weighted by molar-refractivity contribution is 4.86. The molecular formula is C11H19N3O. The highest BCUT2D eigenvalue weighted by Gasteiger charge is 2.33. The van der Waals surface area contributed by atoms with Crippen molar-refractivity contribution in [2.24, 2.45) is 11.8 Å². The number of aromatic nitrogens is 3. The fourth-order valence-electron chi connectivity index (χ4n) is 2.62. The summed E-state index contributed by atoms with van der Waals surface area (Å²) in [5.74, 6) is 1.24. The van der Waals surface area contributed by atoms with E-state index in [1.54, 1.807) is 6.20 Å². The van der Waals surface area contributed by atoms with Crippen LogP contribution in [0, 0.1) is 11.8 Å². The third-order valence-corrected chi connectivity index (χ3v) is 3.48. The summed E-state index contributed by atoms with van der Waals surface area (Å²) in [5, 5.41) is 17.6. The zero-order valence-electron chi connectivity index (χ0n) is 9.37. The van der Waals surface area contributed by atoms with Crippen molar-refractivity contribution in [1.82, 2.24) is 15.0 Å². The Morgan fingerprint density at radius 2 is 2.20 bits per heavy atom. The van der Waals surface area contributed by atoms with Crippen LogP contribution in [0.4, 0.5) is 0 Å². The molecule has 1 N–H and O–H groups in total. The first-order chi connectivity index (χ1) is 7.18. The Morgan fingerprint density at radius 3 is 2.80 bits per heavy atom. The van der Waals surface area contributed by atoms with Crippen LogP contribution in [0.5, 0.6) is 0 Å². The van der Waals surface area contributed by atoms with Crippen molar-refractivity contribution < 1.29 is 5.11 Å². The predicted octanol–water partition coefficient (Wildman–Crippen LogP) is 1.64. The van der Waals surface area contributed by atoms with Crippen LogP contribution in [0.25, 0.3) is 0 Å². The Bertz CT molecular complexity index is 297. The van der Waals surface area contributed by atoms with Crippen molar-refractivity contribution in [2.75, 3.05) is 0 Å². The standard InChI is InChI=1S/C11H19N3O/c1-8(2)10-4-3-9(15)7-11(10)14-6-5-12-13-14/h5-6,8-11,15H,3-4,7H2,1-2H3. The monoisotopic (exact) mass is 209 g/mol. The lowest BCUT2D eigenvalue weighted by atomic mass is 9.77. The molecule has 1 aliphatic rings. The second-order valence-corrected chi connectivity index (χ2v) is 4.83. The van der Waals surface area contributed by atoms with Crippen LogP contribution in [0.3, 0.4) is 0 Å². The van der Waals surface area contributed by atoms with E-state index < -0.39 is 0 Å². The molecule has 1 heterocycles. The summed E-state index contributed by atoms with van der Waals surface area (Å²) in [7, 11) is 0. The van der Waals surface area contributed by atoms with Gasteiger partial charge in [-0.1, -0.05) is 19.1 Å². The molecule has 0 aliphatic heterocycles. The van der Waals surface area contributed by atoms with Crippen molar-refractivity contribution in [3.63, 3.8) is 0 Å². The minimum Gasteiger partial charge on any atom is -0.393 e. The molecular weight excluding hydrogens is 190 g/mol. The molecule has 0 radical (unpaired) electrons. The third-order valence-electron chi connectivity index (χ3n) is 3.48. The predicted molar refractivity (Wildman–Crippen MR) is 57.2 cm³/mol. The van der Waals surface area contributed by atoms with Crippen LogP contribution in [0.2, 0.25) is 0 Å². The van der Waals surface area contributed by atoms with E-state index in [0.29, 0.717) is 17.9 Å². The molecule has 84 valence electrons. The smallest absolute Gasteiger partial charge is 0.0693 e. The molecule has 4 heteroatoms. The second kappa shape index (κ2) is 4.31. The first-order valence-electron chi connectivity index (χ1n) is 5.72. The second-order valence-electron chi connectivity index (χ2n) is 4.83. The summed E-state index contributed by atoms with van der Waals surface area (Å²) in [6, 6.07) is 0.316. The normalized spacial score (nSPS) is 32.1. The number of aliphatic hydroxyl groups excluding tert-OH is 1. The Kier molecular flexibility index (Phi) is 3.05. The molecule has 1 aromatic heterocycles. The van der Waals surface area contributed by atoms with Crippen molar-refractivity contribution in [1.29, 1.82) is 0 Å². The molecule has 1 saturated carbocycles. The van der Waals surface area contributed by atoms with Crippen LogP contribution in [-0.2, 0) is 0 Å². The minimum absolute atomic E-state index is 0.172. The molecule has 2 rings (SSSR count). The molecule has 3 unspecified atom stereocenters. The molecule has 1 aromatic rings. The summed E-state index contributed by atoms with van der Waals surface area (Å²) in [6.07, 6.45) is 6.26. The van der Waals surface area contributed by atoms with Gasteiger partial charge in [0.1, 0.15) is 0 Å². The van der Waals surface area contributed by atoms with E-state index in [-0.39, 0.29) is 6.10 Å². The van der Waals surface area contributed by atoms with Gasteiger partial charge in [0.2, 0.25) is 0 Å². The van der Waals surface area contributed by atoms with Gasteiger partial charge in [-0.2, -0.15) is 0 Å². The van der Waals surface area contributed by atoms with Gasteiger partial charge in [-0.15, -0.1) is 5.10 Å². The van der Waals surface area contributed by atoms with Crippen LogP contribution in [0.1, 0.15) is 39.2 Å². The average Bonchev–Trinajstić information content (AvgIpc) is 2.69. The maximum absolute atomic E-state index is 9.72. The molecule has 4 nitrogen and oxygen atoms in total. The van der Waals surface area contributed by atoms with E-state index in [1.165, 1.54) is 0 Å². The van der Waals surface area contributed by atoms with Crippen molar-refractivity contribution >= 4 is 0 Å². The largest absolute Gasteiger partial charge is 0.393 e. The molecule has 0 aromatic carbocycles. The number of hydrogen-bond acceptors (Lipinski definition) is 3. The number of aliphatic hydroxyl groups is 1. The van der Waals surface area contributed by atoms with E-state index in [2.05, 4.69) is 24.2 Å². The van der Waals surface area contributed by atoms with Crippen LogP contribution in [-0.4, -0.2) is 26.2 Å². The average molecular weight is 209 g/mol. The van der Waals surface area contributed by atoms with E-state index in [4.69, 9.17) is 0 Å². The molecule has 15 heavy (non-hydrogen) atoms. The maximum Gasteiger partial charge on any atom is 0.0693 e. The third kappa shape index (κ3) is 2.20. The molecule has 1 fully saturated rings. The lowest BCUT2D eigenvalue weighted by Gasteiger charge is -2.36. The molecule has 3 atom stereocenters. The lowest BCUT2D eigenvalue weighted by molar-refractivity contribution is 0.0514. The van der Waals surface area contributed by atoms with Crippen molar-refractivity contribution in [2.45, 2.75) is 45.3 Å². The Morgan fingerprint density at radius 1 is 1.40 bits per heavy atom. The van der Waals surface area contributed by atoms with E-state index in [9.17, 15) is 5.11 Å². The topological polar surface area (TPSA) is 50.9 Å². The van der Waals surface area contributed by atoms with Crippen LogP contribution < -0.4 is 0 Å². The maximum atomic E-state index is 9.72. The first kappa shape index (κ1) is 10.6. The highest BCUT2D eigenvalue weighted by Crippen LogP contribution is 2.37. The summed E-state index contributed by atoms with van der Waals surface area (Å²) in [6.45, 7) is 4.48. The number of nitrogens with zero attached hydrogens (tertiary/aromatic N) is 3. The van der Waals surface area contributed by atoms with Crippen molar-refractivity contribution in [3.8, 4) is 0 Å². The van der Waals surface area contributed by atoms with Gasteiger partial charge in [0, 0.05) is 6.20 Å². The summed E-state index contributed by atoms with van der Waals surface area (Å²) in [5.41, 5.74) is 0. The number of rotatable bonds is 2. The van der Waals surface area contributed by atoms with Gasteiger partial charge in [0.05, 0.1) is 18.3 Å². The van der Waals surface area contributed by atoms with Crippen LogP contribution >= 0.6 is 0 Å². The first-order valence-corrected chi connectivity index (χ1v) is 5.72. The SMILES string of the molecule is CC(C)C1CCC(O)CC1n1ccnn1. The van der Waals surface area contributed by atoms with Gasteiger partial charge in [-0.3, -0.25) is 0 Å². The van der Waals surface area contributed by atoms with Gasteiger partial charge in [0.25, 0.3) is 0 Å². The van der Waals surface area contributed by atoms with E-state index in [0.717, 1.165) is 19.3 Å². The fraction of sp³-hybridized carbons (Fsp3) is 0.818. The number of hydrogen-bond donors (Lipinski definition) is 1.